The van der Waals surface area contributed by atoms with E-state index in [4.69, 9.17) is 18.9 Å². The lowest BCUT2D eigenvalue weighted by molar-refractivity contribution is 0.00570. The Bertz CT molecular complexity index is 495. The topological polar surface area (TPSA) is 60.4 Å². The summed E-state index contributed by atoms with van der Waals surface area (Å²) in [7, 11) is 4.98. The Balaban J connectivity index is 2.73. The van der Waals surface area contributed by atoms with Crippen molar-refractivity contribution in [1.82, 2.24) is 4.90 Å². The first-order valence-electron chi connectivity index (χ1n) is 9.18. The van der Waals surface area contributed by atoms with Crippen LogP contribution in [-0.4, -0.2) is 70.3 Å². The average Bonchev–Trinajstić information content (AvgIpc) is 2.61. The first-order chi connectivity index (χ1) is 12.5. The molecule has 1 atom stereocenters. The molecule has 6 nitrogen and oxygen atoms in total. The van der Waals surface area contributed by atoms with E-state index in [1.54, 1.807) is 21.3 Å². The summed E-state index contributed by atoms with van der Waals surface area (Å²) in [5, 5.41) is 10.3. The molecule has 26 heavy (non-hydrogen) atoms. The molecule has 0 amide bonds. The van der Waals surface area contributed by atoms with Crippen LogP contribution in [0.3, 0.4) is 0 Å². The Morgan fingerprint density at radius 2 is 1.85 bits per heavy atom. The molecule has 1 N–H and O–H groups in total. The van der Waals surface area contributed by atoms with Crippen LogP contribution in [-0.2, 0) is 16.0 Å². The van der Waals surface area contributed by atoms with Crippen molar-refractivity contribution >= 4 is 0 Å². The summed E-state index contributed by atoms with van der Waals surface area (Å²) in [6, 6.07) is 5.85. The van der Waals surface area contributed by atoms with Gasteiger partial charge in [-0.15, -0.1) is 0 Å². The van der Waals surface area contributed by atoms with Crippen molar-refractivity contribution in [3.05, 3.63) is 23.8 Å². The summed E-state index contributed by atoms with van der Waals surface area (Å²) >= 11 is 0. The van der Waals surface area contributed by atoms with Gasteiger partial charge in [-0.1, -0.05) is 26.0 Å². The standard InChI is InChI=1S/C20H35NO5/c1-16(2)14-26-15-18(22)13-21(10-7-11-23-3)12-17-8-6-9-19(24-4)20(17)25-5/h6,8-9,16,18,22H,7,10-15H2,1-5H3/t18-/m0/s1. The average molecular weight is 370 g/mol. The maximum absolute atomic E-state index is 10.3. The molecular weight excluding hydrogens is 334 g/mol. The van der Waals surface area contributed by atoms with Gasteiger partial charge in [0.1, 0.15) is 0 Å². The van der Waals surface area contributed by atoms with Crippen molar-refractivity contribution in [2.45, 2.75) is 32.9 Å². The monoisotopic (exact) mass is 369 g/mol. The predicted octanol–water partition coefficient (Wildman–Crippen LogP) is 2.58. The molecule has 0 heterocycles. The second-order valence-corrected chi connectivity index (χ2v) is 6.82. The molecule has 0 fully saturated rings. The van der Waals surface area contributed by atoms with Gasteiger partial charge >= 0.3 is 0 Å². The lowest BCUT2D eigenvalue weighted by Gasteiger charge is -2.26. The quantitative estimate of drug-likeness (QED) is 0.509. The molecular formula is C20H35NO5. The van der Waals surface area contributed by atoms with Crippen LogP contribution in [0, 0.1) is 5.92 Å². The molecule has 0 saturated carbocycles. The largest absolute Gasteiger partial charge is 0.493 e. The summed E-state index contributed by atoms with van der Waals surface area (Å²) in [6.45, 7) is 7.88. The van der Waals surface area contributed by atoms with E-state index in [1.807, 2.05) is 18.2 Å². The van der Waals surface area contributed by atoms with Gasteiger partial charge in [0.2, 0.25) is 0 Å². The zero-order chi connectivity index (χ0) is 19.4. The van der Waals surface area contributed by atoms with Gasteiger partial charge in [0.15, 0.2) is 11.5 Å². The van der Waals surface area contributed by atoms with Crippen molar-refractivity contribution in [2.75, 3.05) is 54.2 Å². The summed E-state index contributed by atoms with van der Waals surface area (Å²) < 4.78 is 21.6. The number of nitrogens with zero attached hydrogens (tertiary/aromatic N) is 1. The van der Waals surface area contributed by atoms with Crippen LogP contribution in [0.2, 0.25) is 0 Å². The number of aliphatic hydroxyl groups excluding tert-OH is 1. The molecule has 0 saturated heterocycles. The fraction of sp³-hybridized carbons (Fsp3) is 0.700. The minimum atomic E-state index is -0.534. The number of benzene rings is 1. The van der Waals surface area contributed by atoms with Crippen molar-refractivity contribution in [1.29, 1.82) is 0 Å². The Morgan fingerprint density at radius 3 is 2.46 bits per heavy atom. The van der Waals surface area contributed by atoms with Gasteiger partial charge in [-0.05, 0) is 18.4 Å². The number of para-hydroxylation sites is 1. The van der Waals surface area contributed by atoms with E-state index >= 15 is 0 Å². The molecule has 1 aromatic rings. The molecule has 0 spiro atoms. The summed E-state index contributed by atoms with van der Waals surface area (Å²) in [5.74, 6) is 1.90. The fourth-order valence-electron chi connectivity index (χ4n) is 2.78. The fourth-order valence-corrected chi connectivity index (χ4v) is 2.78. The van der Waals surface area contributed by atoms with Crippen molar-refractivity contribution < 1.29 is 24.1 Å². The van der Waals surface area contributed by atoms with Crippen molar-refractivity contribution in [2.24, 2.45) is 5.92 Å². The van der Waals surface area contributed by atoms with Gasteiger partial charge in [0.25, 0.3) is 0 Å². The number of aliphatic hydroxyl groups is 1. The Hall–Kier alpha value is -1.34. The normalized spacial score (nSPS) is 12.6. The molecule has 6 heteroatoms. The first kappa shape index (κ1) is 22.7. The van der Waals surface area contributed by atoms with Crippen LogP contribution >= 0.6 is 0 Å². The van der Waals surface area contributed by atoms with Crippen LogP contribution in [0.25, 0.3) is 0 Å². The lowest BCUT2D eigenvalue weighted by Crippen LogP contribution is -2.36. The second-order valence-electron chi connectivity index (χ2n) is 6.82. The smallest absolute Gasteiger partial charge is 0.165 e. The zero-order valence-corrected chi connectivity index (χ0v) is 16.9. The van der Waals surface area contributed by atoms with E-state index in [0.29, 0.717) is 44.6 Å². The highest BCUT2D eigenvalue weighted by Gasteiger charge is 2.16. The van der Waals surface area contributed by atoms with Crippen LogP contribution in [0.5, 0.6) is 11.5 Å². The van der Waals surface area contributed by atoms with E-state index in [-0.39, 0.29) is 0 Å². The minimum Gasteiger partial charge on any atom is -0.493 e. The third kappa shape index (κ3) is 8.36. The van der Waals surface area contributed by atoms with Crippen LogP contribution in [0.1, 0.15) is 25.8 Å². The van der Waals surface area contributed by atoms with Gasteiger partial charge in [0.05, 0.1) is 26.9 Å². The summed E-state index contributed by atoms with van der Waals surface area (Å²) in [5.41, 5.74) is 1.03. The molecule has 0 aromatic heterocycles. The highest BCUT2D eigenvalue weighted by Crippen LogP contribution is 2.31. The molecule has 0 aliphatic carbocycles. The molecule has 0 aliphatic heterocycles. The van der Waals surface area contributed by atoms with Gasteiger partial charge in [-0.3, -0.25) is 4.90 Å². The highest BCUT2D eigenvalue weighted by atomic mass is 16.5. The number of rotatable bonds is 14. The maximum atomic E-state index is 10.3. The molecule has 0 unspecified atom stereocenters. The van der Waals surface area contributed by atoms with Gasteiger partial charge < -0.3 is 24.1 Å². The molecule has 0 radical (unpaired) electrons. The highest BCUT2D eigenvalue weighted by molar-refractivity contribution is 5.46. The summed E-state index contributed by atoms with van der Waals surface area (Å²) in [4.78, 5) is 2.19. The number of methoxy groups -OCH3 is 3. The van der Waals surface area contributed by atoms with Gasteiger partial charge in [-0.2, -0.15) is 0 Å². The minimum absolute atomic E-state index is 0.341. The number of hydrogen-bond donors (Lipinski definition) is 1. The molecule has 0 bridgehead atoms. The van der Waals surface area contributed by atoms with E-state index < -0.39 is 6.10 Å². The number of hydrogen-bond acceptors (Lipinski definition) is 6. The zero-order valence-electron chi connectivity index (χ0n) is 16.9. The second kappa shape index (κ2) is 12.9. The SMILES string of the molecule is COCCCN(Cc1cccc(OC)c1OC)C[C@H](O)COCC(C)C. The van der Waals surface area contributed by atoms with E-state index in [0.717, 1.165) is 24.3 Å². The molecule has 0 aliphatic rings. The molecule has 1 aromatic carbocycles. The number of ether oxygens (including phenoxy) is 4. The van der Waals surface area contributed by atoms with Crippen LogP contribution in [0.15, 0.2) is 18.2 Å². The van der Waals surface area contributed by atoms with E-state index in [9.17, 15) is 5.11 Å². The molecule has 150 valence electrons. The van der Waals surface area contributed by atoms with E-state index in [2.05, 4.69) is 18.7 Å². The van der Waals surface area contributed by atoms with Crippen LogP contribution < -0.4 is 9.47 Å². The third-order valence-electron chi connectivity index (χ3n) is 3.93. The van der Waals surface area contributed by atoms with Crippen LogP contribution in [0.4, 0.5) is 0 Å². The van der Waals surface area contributed by atoms with Crippen molar-refractivity contribution in [3.63, 3.8) is 0 Å². The maximum Gasteiger partial charge on any atom is 0.165 e. The van der Waals surface area contributed by atoms with Gasteiger partial charge in [0, 0.05) is 45.5 Å². The lowest BCUT2D eigenvalue weighted by atomic mass is 10.1. The van der Waals surface area contributed by atoms with Crippen molar-refractivity contribution in [3.8, 4) is 11.5 Å². The van der Waals surface area contributed by atoms with Gasteiger partial charge in [-0.25, -0.2) is 0 Å². The Kier molecular flexibility index (Phi) is 11.3. The predicted molar refractivity (Wildman–Crippen MR) is 103 cm³/mol. The Labute approximate surface area is 158 Å². The first-order valence-corrected chi connectivity index (χ1v) is 9.18. The summed E-state index contributed by atoms with van der Waals surface area (Å²) in [6.07, 6.45) is 0.357. The third-order valence-corrected chi connectivity index (χ3v) is 3.93. The Morgan fingerprint density at radius 1 is 1.08 bits per heavy atom. The molecule has 1 rings (SSSR count). The van der Waals surface area contributed by atoms with E-state index in [1.165, 1.54) is 0 Å².